The molecular formula is C7H10N3NaO6S. The van der Waals surface area contributed by atoms with Crippen LogP contribution < -0.4 is 35.0 Å². The van der Waals surface area contributed by atoms with E-state index in [4.69, 9.17) is 0 Å². The molecule has 0 bridgehead atoms. The fourth-order valence-electron chi connectivity index (χ4n) is 2.10. The average molecular weight is 287 g/mol. The van der Waals surface area contributed by atoms with Crippen molar-refractivity contribution in [3.8, 4) is 0 Å². The first-order chi connectivity index (χ1) is 7.86. The number of nitrogens with zero attached hydrogens (tertiary/aromatic N) is 2. The summed E-state index contributed by atoms with van der Waals surface area (Å²) in [5.41, 5.74) is 2.29. The van der Waals surface area contributed by atoms with Crippen molar-refractivity contribution in [1.82, 2.24) is 14.7 Å². The summed E-state index contributed by atoms with van der Waals surface area (Å²) in [6.07, 6.45) is -0.441. The number of β-lactam (4-membered cyclic amide) rings is 1. The van der Waals surface area contributed by atoms with Crippen LogP contribution in [0.2, 0.25) is 0 Å². The van der Waals surface area contributed by atoms with E-state index in [1.54, 1.807) is 0 Å². The third-order valence-electron chi connectivity index (χ3n) is 2.80. The standard InChI is InChI=1S/C7H11N3O6S.Na/c1-16-7(12)8-9-3-2-4-5(9)6(11)10(4)17(13,14)15;/h4-5H,2-3H2,1H3,(H,8,12)(H,13,14,15);/q;+1/p-1/t4-,5+;/m1./s1. The second-order valence-corrected chi connectivity index (χ2v) is 4.94. The van der Waals surface area contributed by atoms with Crippen LogP contribution in [-0.4, -0.2) is 60.0 Å². The molecule has 18 heavy (non-hydrogen) atoms. The number of ether oxygens (including phenoxy) is 1. The number of carbonyl (C=O) groups excluding carboxylic acids is 2. The van der Waals surface area contributed by atoms with Crippen molar-refractivity contribution < 1.29 is 56.9 Å². The van der Waals surface area contributed by atoms with Gasteiger partial charge in [-0.3, -0.25) is 10.2 Å². The Kier molecular flexibility index (Phi) is 4.62. The Balaban J connectivity index is 0.00000162. The molecule has 0 aromatic carbocycles. The largest absolute Gasteiger partial charge is 1.00 e. The Labute approximate surface area is 126 Å². The van der Waals surface area contributed by atoms with Gasteiger partial charge in [0.15, 0.2) is 10.3 Å². The smallest absolute Gasteiger partial charge is 0.731 e. The molecule has 11 heteroatoms. The van der Waals surface area contributed by atoms with Gasteiger partial charge in [-0.15, -0.1) is 0 Å². The first-order valence-corrected chi connectivity index (χ1v) is 6.13. The van der Waals surface area contributed by atoms with Gasteiger partial charge >= 0.3 is 35.7 Å². The molecule has 0 aliphatic carbocycles. The van der Waals surface area contributed by atoms with Crippen molar-refractivity contribution in [2.24, 2.45) is 0 Å². The molecule has 2 aliphatic heterocycles. The normalized spacial score (nSPS) is 27.0. The maximum atomic E-state index is 11.5. The van der Waals surface area contributed by atoms with E-state index in [9.17, 15) is 22.6 Å². The number of carbonyl (C=O) groups is 2. The molecule has 2 aliphatic rings. The van der Waals surface area contributed by atoms with Gasteiger partial charge in [-0.2, -0.15) is 0 Å². The van der Waals surface area contributed by atoms with Gasteiger partial charge in [-0.1, -0.05) is 0 Å². The summed E-state index contributed by atoms with van der Waals surface area (Å²) in [7, 11) is -3.60. The van der Waals surface area contributed by atoms with Crippen LogP contribution in [-0.2, 0) is 19.8 Å². The Morgan fingerprint density at radius 1 is 1.56 bits per heavy atom. The van der Waals surface area contributed by atoms with Crippen LogP contribution in [0.5, 0.6) is 0 Å². The average Bonchev–Trinajstić information content (AvgIpc) is 2.53. The molecule has 96 valence electrons. The summed E-state index contributed by atoms with van der Waals surface area (Å²) in [4.78, 5) is 22.4. The van der Waals surface area contributed by atoms with Gasteiger partial charge < -0.3 is 9.29 Å². The maximum Gasteiger partial charge on any atom is 1.00 e. The molecule has 0 saturated carbocycles. The van der Waals surface area contributed by atoms with Crippen molar-refractivity contribution in [1.29, 1.82) is 0 Å². The molecule has 2 fully saturated rings. The van der Waals surface area contributed by atoms with Crippen LogP contribution in [0, 0.1) is 0 Å². The van der Waals surface area contributed by atoms with Gasteiger partial charge in [-0.25, -0.2) is 22.5 Å². The van der Waals surface area contributed by atoms with E-state index in [-0.39, 0.29) is 36.1 Å². The zero-order chi connectivity index (χ0) is 12.8. The third kappa shape index (κ3) is 2.49. The van der Waals surface area contributed by atoms with Gasteiger partial charge in [0.1, 0.15) is 6.04 Å². The monoisotopic (exact) mass is 287 g/mol. The molecule has 0 spiro atoms. The number of hydrogen-bond acceptors (Lipinski definition) is 7. The molecule has 2 saturated heterocycles. The number of fused-ring (bicyclic) bond motifs is 1. The summed E-state index contributed by atoms with van der Waals surface area (Å²) in [6, 6.07) is -1.49. The molecule has 2 heterocycles. The number of hydrazine groups is 1. The minimum absolute atomic E-state index is 0. The van der Waals surface area contributed by atoms with Gasteiger partial charge in [0.25, 0.3) is 5.91 Å². The maximum absolute atomic E-state index is 11.5. The number of nitrogens with one attached hydrogen (secondary N) is 1. The fraction of sp³-hybridized carbons (Fsp3) is 0.714. The Hall–Kier alpha value is -0.390. The van der Waals surface area contributed by atoms with Crippen molar-refractivity contribution in [3.05, 3.63) is 0 Å². The molecule has 2 atom stereocenters. The topological polar surface area (TPSA) is 119 Å². The van der Waals surface area contributed by atoms with Gasteiger partial charge in [0, 0.05) is 6.54 Å². The Morgan fingerprint density at radius 2 is 2.17 bits per heavy atom. The molecular weight excluding hydrogens is 277 g/mol. The number of hydrogen-bond donors (Lipinski definition) is 1. The second-order valence-electron chi connectivity index (χ2n) is 3.69. The zero-order valence-corrected chi connectivity index (χ0v) is 12.6. The molecule has 0 unspecified atom stereocenters. The molecule has 0 aromatic rings. The van der Waals surface area contributed by atoms with Crippen LogP contribution in [0.15, 0.2) is 0 Å². The van der Waals surface area contributed by atoms with Crippen LogP contribution in [0.25, 0.3) is 0 Å². The van der Waals surface area contributed by atoms with E-state index in [0.717, 1.165) is 0 Å². The Bertz CT molecular complexity index is 468. The van der Waals surface area contributed by atoms with Crippen LogP contribution in [0.1, 0.15) is 6.42 Å². The second kappa shape index (κ2) is 5.31. The van der Waals surface area contributed by atoms with Crippen molar-refractivity contribution in [2.75, 3.05) is 13.7 Å². The number of amides is 2. The van der Waals surface area contributed by atoms with Gasteiger partial charge in [-0.05, 0) is 6.42 Å². The molecule has 1 N–H and O–H groups in total. The first kappa shape index (κ1) is 15.7. The predicted octanol–water partition coefficient (Wildman–Crippen LogP) is -4.99. The number of rotatable bonds is 2. The van der Waals surface area contributed by atoms with Crippen LogP contribution >= 0.6 is 0 Å². The quantitative estimate of drug-likeness (QED) is 0.307. The van der Waals surface area contributed by atoms with E-state index < -0.39 is 34.4 Å². The van der Waals surface area contributed by atoms with E-state index in [2.05, 4.69) is 10.2 Å². The predicted molar refractivity (Wildman–Crippen MR) is 51.0 cm³/mol. The van der Waals surface area contributed by atoms with Crippen molar-refractivity contribution >= 4 is 22.3 Å². The molecule has 0 radical (unpaired) electrons. The summed E-state index contributed by atoms with van der Waals surface area (Å²) < 4.78 is 37.0. The molecule has 2 rings (SSSR count). The van der Waals surface area contributed by atoms with Crippen LogP contribution in [0.3, 0.4) is 0 Å². The minimum atomic E-state index is -4.76. The third-order valence-corrected chi connectivity index (χ3v) is 3.73. The van der Waals surface area contributed by atoms with Gasteiger partial charge in [0.05, 0.1) is 13.2 Å². The summed E-state index contributed by atoms with van der Waals surface area (Å²) in [6.45, 7) is 0.280. The fourth-order valence-corrected chi connectivity index (χ4v) is 2.98. The van der Waals surface area contributed by atoms with Crippen molar-refractivity contribution in [2.45, 2.75) is 18.5 Å². The summed E-state index contributed by atoms with van der Waals surface area (Å²) in [5.74, 6) is -0.820. The zero-order valence-electron chi connectivity index (χ0n) is 9.82. The van der Waals surface area contributed by atoms with E-state index >= 15 is 0 Å². The van der Waals surface area contributed by atoms with Crippen molar-refractivity contribution in [3.63, 3.8) is 0 Å². The SMILES string of the molecule is COC(=O)NN1CC[C@@H]2[C@H]1C(=O)N2S(=O)(=O)[O-].[Na+]. The molecule has 9 nitrogen and oxygen atoms in total. The first-order valence-electron chi connectivity index (χ1n) is 4.76. The molecule has 2 amide bonds. The van der Waals surface area contributed by atoms with Gasteiger partial charge in [0.2, 0.25) is 0 Å². The van der Waals surface area contributed by atoms with E-state index in [0.29, 0.717) is 10.7 Å². The molecule has 0 aromatic heterocycles. The summed E-state index contributed by atoms with van der Waals surface area (Å²) >= 11 is 0. The van der Waals surface area contributed by atoms with E-state index in [1.165, 1.54) is 12.1 Å². The Morgan fingerprint density at radius 3 is 2.67 bits per heavy atom. The number of methoxy groups -OCH3 is 1. The van der Waals surface area contributed by atoms with E-state index in [1.807, 2.05) is 0 Å². The van der Waals surface area contributed by atoms with Crippen LogP contribution in [0.4, 0.5) is 4.79 Å². The summed E-state index contributed by atoms with van der Waals surface area (Å²) in [5, 5.41) is 1.28. The minimum Gasteiger partial charge on any atom is -0.731 e.